The predicted molar refractivity (Wildman–Crippen MR) is 113 cm³/mol. The molecule has 0 saturated carbocycles. The van der Waals surface area contributed by atoms with E-state index in [9.17, 15) is 8.42 Å². The first-order valence-electron chi connectivity index (χ1n) is 8.88. The normalized spacial score (nSPS) is 11.7. The fourth-order valence-corrected chi connectivity index (χ4v) is 4.21. The Bertz CT molecular complexity index is 1330. The monoisotopic (exact) mass is 408 g/mol. The van der Waals surface area contributed by atoms with E-state index in [0.29, 0.717) is 28.8 Å². The van der Waals surface area contributed by atoms with Crippen molar-refractivity contribution in [2.24, 2.45) is 0 Å². The molecule has 2 heterocycles. The summed E-state index contributed by atoms with van der Waals surface area (Å²) >= 11 is 0. The van der Waals surface area contributed by atoms with Gasteiger partial charge in [-0.3, -0.25) is 10.00 Å². The lowest BCUT2D eigenvalue weighted by atomic mass is 10.1. The second-order valence-electron chi connectivity index (χ2n) is 6.94. The van der Waals surface area contributed by atoms with Crippen molar-refractivity contribution in [3.8, 4) is 0 Å². The molecule has 0 unspecified atom stereocenters. The maximum Gasteiger partial charge on any atom is 0.237 e. The summed E-state index contributed by atoms with van der Waals surface area (Å²) in [7, 11) is -3.42. The molecule has 0 bridgehead atoms. The third-order valence-electron chi connectivity index (χ3n) is 4.60. The molecule has 0 amide bonds. The molecular weight excluding hydrogens is 388 g/mol. The average molecular weight is 408 g/mol. The molecule has 0 aliphatic heterocycles. The van der Waals surface area contributed by atoms with E-state index in [-0.39, 0.29) is 4.90 Å². The van der Waals surface area contributed by atoms with Crippen LogP contribution >= 0.6 is 0 Å². The van der Waals surface area contributed by atoms with E-state index in [0.717, 1.165) is 16.5 Å². The molecule has 29 heavy (non-hydrogen) atoms. The molecule has 0 aliphatic rings. The van der Waals surface area contributed by atoms with E-state index in [1.54, 1.807) is 36.2 Å². The zero-order chi connectivity index (χ0) is 20.8. The number of nitrogens with one attached hydrogen (secondary N) is 1. The highest BCUT2D eigenvalue weighted by atomic mass is 32.2. The van der Waals surface area contributed by atoms with Gasteiger partial charge in [-0.25, -0.2) is 13.4 Å². The number of hydrogen-bond donors (Lipinski definition) is 2. The molecule has 0 aliphatic carbocycles. The van der Waals surface area contributed by atoms with Crippen molar-refractivity contribution in [2.75, 3.05) is 16.9 Å². The lowest BCUT2D eigenvalue weighted by Gasteiger charge is -2.22. The minimum Gasteiger partial charge on any atom is -0.384 e. The Morgan fingerprint density at radius 2 is 1.86 bits per heavy atom. The number of aryl methyl sites for hydroxylation is 2. The smallest absolute Gasteiger partial charge is 0.237 e. The average Bonchev–Trinajstić information content (AvgIpc) is 3.05. The van der Waals surface area contributed by atoms with Crippen LogP contribution in [-0.2, 0) is 9.84 Å². The summed E-state index contributed by atoms with van der Waals surface area (Å²) in [4.78, 5) is 10.6. The van der Waals surface area contributed by atoms with Gasteiger partial charge in [-0.1, -0.05) is 12.1 Å². The number of rotatable bonds is 4. The molecule has 148 valence electrons. The van der Waals surface area contributed by atoms with Gasteiger partial charge < -0.3 is 5.73 Å². The lowest BCUT2D eigenvalue weighted by Crippen LogP contribution is -2.15. The van der Waals surface area contributed by atoms with Crippen molar-refractivity contribution in [3.05, 3.63) is 59.8 Å². The fourth-order valence-electron chi connectivity index (χ4n) is 3.22. The number of hydrogen-bond acceptors (Lipinski definition) is 7. The molecule has 0 fully saturated rings. The Balaban J connectivity index is 2.00. The number of nitrogens with two attached hydrogens (primary N) is 1. The van der Waals surface area contributed by atoms with Crippen molar-refractivity contribution in [3.63, 3.8) is 0 Å². The first kappa shape index (κ1) is 18.9. The molecule has 4 rings (SSSR count). The van der Waals surface area contributed by atoms with Gasteiger partial charge in [-0.2, -0.15) is 10.1 Å². The van der Waals surface area contributed by atoms with Gasteiger partial charge in [0.15, 0.2) is 15.7 Å². The van der Waals surface area contributed by atoms with Crippen LogP contribution in [0, 0.1) is 13.8 Å². The number of H-pyrrole nitrogens is 1. The maximum absolute atomic E-state index is 12.3. The number of nitrogens with zero attached hydrogens (tertiary/aromatic N) is 4. The van der Waals surface area contributed by atoms with Crippen molar-refractivity contribution in [2.45, 2.75) is 18.7 Å². The minimum absolute atomic E-state index is 0.236. The fraction of sp³-hybridized carbons (Fsp3) is 0.150. The van der Waals surface area contributed by atoms with Gasteiger partial charge in [0, 0.05) is 17.8 Å². The van der Waals surface area contributed by atoms with Gasteiger partial charge in [0.2, 0.25) is 5.95 Å². The highest BCUT2D eigenvalue weighted by molar-refractivity contribution is 7.90. The number of sulfone groups is 1. The second kappa shape index (κ2) is 6.85. The quantitative estimate of drug-likeness (QED) is 0.531. The van der Waals surface area contributed by atoms with Crippen LogP contribution in [0.5, 0.6) is 0 Å². The first-order chi connectivity index (χ1) is 13.7. The van der Waals surface area contributed by atoms with Crippen LogP contribution in [0.25, 0.3) is 10.9 Å². The SMILES string of the molecule is Cc1ccc2c(N(c3ccc(C)c(S(C)(=O)=O)c3)c3nccc(N)n3)n[nH]c2c1. The van der Waals surface area contributed by atoms with Crippen LogP contribution in [0.2, 0.25) is 0 Å². The first-order valence-corrected chi connectivity index (χ1v) is 10.8. The summed E-state index contributed by atoms with van der Waals surface area (Å²) in [6, 6.07) is 12.7. The van der Waals surface area contributed by atoms with Crippen molar-refractivity contribution in [1.29, 1.82) is 0 Å². The van der Waals surface area contributed by atoms with Gasteiger partial charge >= 0.3 is 0 Å². The van der Waals surface area contributed by atoms with Crippen molar-refractivity contribution < 1.29 is 8.42 Å². The standard InChI is InChI=1S/C20H20N6O2S/c1-12-4-7-15-16(10-12)24-25-19(15)26(20-22-9-8-18(21)23-20)14-6-5-13(2)17(11-14)29(3,27)28/h4-11H,1-3H3,(H,24,25)(H2,21,22,23). The van der Waals surface area contributed by atoms with Gasteiger partial charge in [-0.15, -0.1) is 0 Å². The van der Waals surface area contributed by atoms with Gasteiger partial charge in [0.1, 0.15) is 5.82 Å². The molecular formula is C20H20N6O2S. The molecule has 0 spiro atoms. The summed E-state index contributed by atoms with van der Waals surface area (Å²) in [6.45, 7) is 3.76. The van der Waals surface area contributed by atoms with Crippen molar-refractivity contribution in [1.82, 2.24) is 20.2 Å². The molecule has 3 N–H and O–H groups in total. The Labute approximate surface area is 168 Å². The number of aromatic nitrogens is 4. The lowest BCUT2D eigenvalue weighted by molar-refractivity contribution is 0.601. The van der Waals surface area contributed by atoms with E-state index in [4.69, 9.17) is 5.73 Å². The molecule has 0 saturated heterocycles. The van der Waals surface area contributed by atoms with E-state index < -0.39 is 9.84 Å². The van der Waals surface area contributed by atoms with Crippen LogP contribution in [0.4, 0.5) is 23.3 Å². The number of nitrogen functional groups attached to an aromatic ring is 1. The summed E-state index contributed by atoms with van der Waals surface area (Å²) in [5.41, 5.74) is 9.05. The molecule has 9 heteroatoms. The minimum atomic E-state index is -3.42. The molecule has 4 aromatic rings. The number of aromatic amines is 1. The summed E-state index contributed by atoms with van der Waals surface area (Å²) in [5.74, 6) is 1.14. The second-order valence-corrected chi connectivity index (χ2v) is 8.92. The summed E-state index contributed by atoms with van der Waals surface area (Å²) < 4.78 is 24.5. The van der Waals surface area contributed by atoms with Crippen molar-refractivity contribution >= 4 is 44.0 Å². The zero-order valence-corrected chi connectivity index (χ0v) is 17.0. The van der Waals surface area contributed by atoms with Crippen LogP contribution in [0.15, 0.2) is 53.6 Å². The van der Waals surface area contributed by atoms with Crippen LogP contribution in [0.3, 0.4) is 0 Å². The Morgan fingerprint density at radius 3 is 2.59 bits per heavy atom. The number of benzene rings is 2. The predicted octanol–water partition coefficient (Wildman–Crippen LogP) is 3.43. The Kier molecular flexibility index (Phi) is 4.46. The summed E-state index contributed by atoms with van der Waals surface area (Å²) in [6.07, 6.45) is 2.74. The maximum atomic E-state index is 12.3. The van der Waals surface area contributed by atoms with E-state index in [1.165, 1.54) is 6.26 Å². The largest absolute Gasteiger partial charge is 0.384 e. The highest BCUT2D eigenvalue weighted by Gasteiger charge is 2.23. The van der Waals surface area contributed by atoms with E-state index in [2.05, 4.69) is 20.2 Å². The number of anilines is 4. The Hall–Kier alpha value is -3.46. The third kappa shape index (κ3) is 3.52. The van der Waals surface area contributed by atoms with Gasteiger partial charge in [0.05, 0.1) is 16.1 Å². The van der Waals surface area contributed by atoms with E-state index in [1.807, 2.05) is 31.2 Å². The third-order valence-corrected chi connectivity index (χ3v) is 5.84. The highest BCUT2D eigenvalue weighted by Crippen LogP contribution is 2.37. The van der Waals surface area contributed by atoms with Crippen LogP contribution in [0.1, 0.15) is 11.1 Å². The molecule has 0 radical (unpaired) electrons. The van der Waals surface area contributed by atoms with Crippen LogP contribution < -0.4 is 10.6 Å². The molecule has 2 aromatic heterocycles. The zero-order valence-electron chi connectivity index (χ0n) is 16.2. The topological polar surface area (TPSA) is 118 Å². The molecule has 2 aromatic carbocycles. The van der Waals surface area contributed by atoms with Crippen LogP contribution in [-0.4, -0.2) is 34.8 Å². The van der Waals surface area contributed by atoms with E-state index >= 15 is 0 Å². The molecule has 8 nitrogen and oxygen atoms in total. The van der Waals surface area contributed by atoms with Gasteiger partial charge in [0.25, 0.3) is 0 Å². The molecule has 0 atom stereocenters. The Morgan fingerprint density at radius 1 is 1.07 bits per heavy atom. The number of fused-ring (bicyclic) bond motifs is 1. The van der Waals surface area contributed by atoms with Gasteiger partial charge in [-0.05, 0) is 55.3 Å². The summed E-state index contributed by atoms with van der Waals surface area (Å²) in [5, 5.41) is 8.34.